The van der Waals surface area contributed by atoms with Crippen molar-refractivity contribution in [1.82, 2.24) is 15.5 Å². The molecule has 1 aromatic rings. The first kappa shape index (κ1) is 18.1. The molecule has 144 valence electrons. The van der Waals surface area contributed by atoms with Gasteiger partial charge in [0, 0.05) is 31.1 Å². The fourth-order valence-electron chi connectivity index (χ4n) is 4.53. The molecule has 1 saturated heterocycles. The van der Waals surface area contributed by atoms with Crippen molar-refractivity contribution in [3.05, 3.63) is 34.9 Å². The SMILES string of the molecule is N[C@@H]1CC[C@H](CNCc2cccc3c2CN(C2CCC(=O)NC2=O)C3=O)C1. The highest BCUT2D eigenvalue weighted by Gasteiger charge is 2.39. The van der Waals surface area contributed by atoms with Crippen LogP contribution >= 0.6 is 0 Å². The van der Waals surface area contributed by atoms with Crippen molar-refractivity contribution in [3.63, 3.8) is 0 Å². The smallest absolute Gasteiger partial charge is 0.255 e. The van der Waals surface area contributed by atoms with Gasteiger partial charge in [-0.3, -0.25) is 19.7 Å². The number of nitrogens with two attached hydrogens (primary N) is 1. The van der Waals surface area contributed by atoms with Gasteiger partial charge in [0.15, 0.2) is 0 Å². The molecule has 7 heteroatoms. The number of rotatable bonds is 5. The summed E-state index contributed by atoms with van der Waals surface area (Å²) < 4.78 is 0. The summed E-state index contributed by atoms with van der Waals surface area (Å²) in [6.07, 6.45) is 4.00. The van der Waals surface area contributed by atoms with Crippen LogP contribution in [-0.4, -0.2) is 41.2 Å². The molecule has 7 nitrogen and oxygen atoms in total. The Hall–Kier alpha value is -2.25. The van der Waals surface area contributed by atoms with Crippen molar-refractivity contribution < 1.29 is 14.4 Å². The van der Waals surface area contributed by atoms with Gasteiger partial charge < -0.3 is 16.0 Å². The van der Waals surface area contributed by atoms with E-state index in [1.165, 1.54) is 6.42 Å². The second-order valence-electron chi connectivity index (χ2n) is 7.91. The van der Waals surface area contributed by atoms with Crippen LogP contribution in [-0.2, 0) is 22.7 Å². The first-order chi connectivity index (χ1) is 13.0. The fourth-order valence-corrected chi connectivity index (χ4v) is 4.53. The van der Waals surface area contributed by atoms with Gasteiger partial charge in [0.2, 0.25) is 11.8 Å². The summed E-state index contributed by atoms with van der Waals surface area (Å²) in [5.41, 5.74) is 8.73. The molecule has 1 unspecified atom stereocenters. The lowest BCUT2D eigenvalue weighted by Crippen LogP contribution is -2.52. The first-order valence-electron chi connectivity index (χ1n) is 9.74. The van der Waals surface area contributed by atoms with Crippen molar-refractivity contribution in [1.29, 1.82) is 0 Å². The Morgan fingerprint density at radius 1 is 1.19 bits per heavy atom. The maximum Gasteiger partial charge on any atom is 0.255 e. The van der Waals surface area contributed by atoms with Crippen LogP contribution in [0.2, 0.25) is 0 Å². The summed E-state index contributed by atoms with van der Waals surface area (Å²) in [5.74, 6) is -0.136. The van der Waals surface area contributed by atoms with E-state index in [2.05, 4.69) is 10.6 Å². The van der Waals surface area contributed by atoms with Crippen molar-refractivity contribution in [2.75, 3.05) is 6.54 Å². The Balaban J connectivity index is 1.43. The molecule has 0 radical (unpaired) electrons. The lowest BCUT2D eigenvalue weighted by molar-refractivity contribution is -0.136. The molecule has 27 heavy (non-hydrogen) atoms. The zero-order valence-corrected chi connectivity index (χ0v) is 15.4. The predicted octanol–water partition coefficient (Wildman–Crippen LogP) is 0.665. The van der Waals surface area contributed by atoms with E-state index in [9.17, 15) is 14.4 Å². The van der Waals surface area contributed by atoms with Gasteiger partial charge in [-0.15, -0.1) is 0 Å². The van der Waals surface area contributed by atoms with Crippen molar-refractivity contribution in [2.24, 2.45) is 11.7 Å². The molecule has 4 rings (SSSR count). The van der Waals surface area contributed by atoms with Crippen LogP contribution in [0, 0.1) is 5.92 Å². The summed E-state index contributed by atoms with van der Waals surface area (Å²) in [7, 11) is 0. The minimum Gasteiger partial charge on any atom is -0.328 e. The first-order valence-corrected chi connectivity index (χ1v) is 9.74. The molecule has 0 spiro atoms. The van der Waals surface area contributed by atoms with E-state index in [0.29, 0.717) is 37.0 Å². The highest BCUT2D eigenvalue weighted by molar-refractivity contribution is 6.05. The molecule has 2 aliphatic heterocycles. The molecule has 1 aliphatic carbocycles. The van der Waals surface area contributed by atoms with E-state index < -0.39 is 6.04 Å². The van der Waals surface area contributed by atoms with Gasteiger partial charge in [-0.25, -0.2) is 0 Å². The number of amides is 3. The van der Waals surface area contributed by atoms with E-state index in [1.54, 1.807) is 4.90 Å². The molecular weight excluding hydrogens is 344 g/mol. The van der Waals surface area contributed by atoms with Gasteiger partial charge >= 0.3 is 0 Å². The third-order valence-electron chi connectivity index (χ3n) is 6.01. The minimum absolute atomic E-state index is 0.122. The van der Waals surface area contributed by atoms with Crippen LogP contribution in [0.5, 0.6) is 0 Å². The van der Waals surface area contributed by atoms with E-state index in [0.717, 1.165) is 30.5 Å². The summed E-state index contributed by atoms with van der Waals surface area (Å²) in [6, 6.07) is 5.52. The van der Waals surface area contributed by atoms with Crippen LogP contribution in [0.25, 0.3) is 0 Å². The normalized spacial score (nSPS) is 27.8. The van der Waals surface area contributed by atoms with Gasteiger partial charge in [0.05, 0.1) is 0 Å². The van der Waals surface area contributed by atoms with Gasteiger partial charge in [-0.05, 0) is 55.3 Å². The Morgan fingerprint density at radius 2 is 2.04 bits per heavy atom. The number of carbonyl (C=O) groups is 3. The number of carbonyl (C=O) groups excluding carboxylic acids is 3. The third kappa shape index (κ3) is 3.61. The second kappa shape index (κ2) is 7.40. The Kier molecular flexibility index (Phi) is 4.97. The molecule has 0 aromatic heterocycles. The summed E-state index contributed by atoms with van der Waals surface area (Å²) in [4.78, 5) is 38.0. The lowest BCUT2D eigenvalue weighted by atomic mass is 10.0. The maximum absolute atomic E-state index is 12.8. The zero-order valence-electron chi connectivity index (χ0n) is 15.4. The summed E-state index contributed by atoms with van der Waals surface area (Å²) >= 11 is 0. The standard InChI is InChI=1S/C20H26N4O3/c21-14-5-4-12(8-14)9-22-10-13-2-1-3-15-16(13)11-24(20(15)27)17-6-7-18(25)23-19(17)26/h1-3,12,14,17,22H,4-11,21H2,(H,23,25,26)/t12-,14+,17?/m0/s1. The molecule has 1 saturated carbocycles. The quantitative estimate of drug-likeness (QED) is 0.661. The summed E-state index contributed by atoms with van der Waals surface area (Å²) in [6.45, 7) is 2.06. The number of imide groups is 1. The number of benzene rings is 1. The predicted molar refractivity (Wildman–Crippen MR) is 99.5 cm³/mol. The van der Waals surface area contributed by atoms with E-state index in [1.807, 2.05) is 18.2 Å². The Labute approximate surface area is 158 Å². The highest BCUT2D eigenvalue weighted by atomic mass is 16.2. The number of fused-ring (bicyclic) bond motifs is 1. The van der Waals surface area contributed by atoms with E-state index >= 15 is 0 Å². The second-order valence-corrected chi connectivity index (χ2v) is 7.91. The van der Waals surface area contributed by atoms with Gasteiger partial charge in [-0.2, -0.15) is 0 Å². The van der Waals surface area contributed by atoms with E-state index in [-0.39, 0.29) is 24.1 Å². The maximum atomic E-state index is 12.8. The molecule has 2 fully saturated rings. The Bertz CT molecular complexity index is 778. The third-order valence-corrected chi connectivity index (χ3v) is 6.01. The van der Waals surface area contributed by atoms with Gasteiger partial charge in [0.25, 0.3) is 5.91 Å². The lowest BCUT2D eigenvalue weighted by Gasteiger charge is -2.29. The van der Waals surface area contributed by atoms with Gasteiger partial charge in [0.1, 0.15) is 6.04 Å². The minimum atomic E-state index is -0.566. The number of nitrogens with zero attached hydrogens (tertiary/aromatic N) is 1. The summed E-state index contributed by atoms with van der Waals surface area (Å²) in [5, 5.41) is 5.85. The number of hydrogen-bond donors (Lipinski definition) is 3. The van der Waals surface area contributed by atoms with Gasteiger partial charge in [-0.1, -0.05) is 12.1 Å². The molecular formula is C20H26N4O3. The number of nitrogens with one attached hydrogen (secondary N) is 2. The topological polar surface area (TPSA) is 105 Å². The fraction of sp³-hybridized carbons (Fsp3) is 0.550. The van der Waals surface area contributed by atoms with Crippen molar-refractivity contribution in [3.8, 4) is 0 Å². The van der Waals surface area contributed by atoms with Crippen molar-refractivity contribution >= 4 is 17.7 Å². The van der Waals surface area contributed by atoms with Crippen LogP contribution in [0.1, 0.15) is 53.6 Å². The average Bonchev–Trinajstić information content (AvgIpc) is 3.19. The van der Waals surface area contributed by atoms with Crippen LogP contribution in [0.3, 0.4) is 0 Å². The largest absolute Gasteiger partial charge is 0.328 e. The molecule has 3 aliphatic rings. The molecule has 1 aromatic carbocycles. The van der Waals surface area contributed by atoms with Crippen LogP contribution < -0.4 is 16.4 Å². The molecule has 0 bridgehead atoms. The molecule has 3 amide bonds. The highest BCUT2D eigenvalue weighted by Crippen LogP contribution is 2.30. The van der Waals surface area contributed by atoms with Crippen LogP contribution in [0.15, 0.2) is 18.2 Å². The number of piperidine rings is 1. The van der Waals surface area contributed by atoms with Crippen LogP contribution in [0.4, 0.5) is 0 Å². The van der Waals surface area contributed by atoms with E-state index in [4.69, 9.17) is 5.73 Å². The zero-order chi connectivity index (χ0) is 19.0. The van der Waals surface area contributed by atoms with Crippen molar-refractivity contribution in [2.45, 2.75) is 57.3 Å². The molecule has 4 N–H and O–H groups in total. The molecule has 3 atom stereocenters. The molecule has 2 heterocycles. The number of hydrogen-bond acceptors (Lipinski definition) is 5. The average molecular weight is 370 g/mol. The Morgan fingerprint density at radius 3 is 2.78 bits per heavy atom. The monoisotopic (exact) mass is 370 g/mol.